The van der Waals surface area contributed by atoms with Gasteiger partial charge in [-0.25, -0.2) is 4.98 Å². The van der Waals surface area contributed by atoms with Crippen LogP contribution in [0, 0.1) is 13.8 Å². The SMILES string of the molecule is CNc1ccc(C(=O)Nc2ccc(C)cc2C)nc1. The molecule has 0 bridgehead atoms. The molecule has 0 aliphatic rings. The molecule has 98 valence electrons. The lowest BCUT2D eigenvalue weighted by Gasteiger charge is -2.09. The van der Waals surface area contributed by atoms with E-state index in [2.05, 4.69) is 15.6 Å². The lowest BCUT2D eigenvalue weighted by molar-refractivity contribution is 0.102. The second-order valence-corrected chi connectivity index (χ2v) is 4.45. The molecule has 0 unspecified atom stereocenters. The first-order valence-corrected chi connectivity index (χ1v) is 6.12. The third kappa shape index (κ3) is 3.10. The molecule has 0 fully saturated rings. The molecular formula is C15H17N3O. The van der Waals surface area contributed by atoms with E-state index in [0.717, 1.165) is 16.9 Å². The number of nitrogens with one attached hydrogen (secondary N) is 2. The van der Waals surface area contributed by atoms with E-state index in [1.165, 1.54) is 5.56 Å². The fourth-order valence-electron chi connectivity index (χ4n) is 1.82. The van der Waals surface area contributed by atoms with Crippen molar-refractivity contribution in [2.45, 2.75) is 13.8 Å². The van der Waals surface area contributed by atoms with Gasteiger partial charge in [0.2, 0.25) is 0 Å². The van der Waals surface area contributed by atoms with Gasteiger partial charge in [-0.2, -0.15) is 0 Å². The van der Waals surface area contributed by atoms with E-state index in [9.17, 15) is 4.79 Å². The van der Waals surface area contributed by atoms with Gasteiger partial charge >= 0.3 is 0 Å². The number of rotatable bonds is 3. The summed E-state index contributed by atoms with van der Waals surface area (Å²) in [6, 6.07) is 9.44. The predicted molar refractivity (Wildman–Crippen MR) is 77.7 cm³/mol. The number of pyridine rings is 1. The molecule has 0 aliphatic heterocycles. The van der Waals surface area contributed by atoms with Crippen LogP contribution in [0.25, 0.3) is 0 Å². The van der Waals surface area contributed by atoms with Gasteiger partial charge in [-0.05, 0) is 37.6 Å². The van der Waals surface area contributed by atoms with Crippen molar-refractivity contribution < 1.29 is 4.79 Å². The monoisotopic (exact) mass is 255 g/mol. The molecule has 1 heterocycles. The normalized spacial score (nSPS) is 10.1. The second-order valence-electron chi connectivity index (χ2n) is 4.45. The van der Waals surface area contributed by atoms with E-state index in [1.807, 2.05) is 45.2 Å². The van der Waals surface area contributed by atoms with Crippen LogP contribution >= 0.6 is 0 Å². The van der Waals surface area contributed by atoms with E-state index in [4.69, 9.17) is 0 Å². The van der Waals surface area contributed by atoms with Crippen LogP contribution < -0.4 is 10.6 Å². The number of hydrogen-bond donors (Lipinski definition) is 2. The zero-order valence-electron chi connectivity index (χ0n) is 11.3. The molecule has 1 aromatic heterocycles. The first-order valence-electron chi connectivity index (χ1n) is 6.12. The quantitative estimate of drug-likeness (QED) is 0.886. The Labute approximate surface area is 112 Å². The third-order valence-electron chi connectivity index (χ3n) is 2.91. The van der Waals surface area contributed by atoms with Gasteiger partial charge < -0.3 is 10.6 Å². The van der Waals surface area contributed by atoms with Gasteiger partial charge in [0.05, 0.1) is 11.9 Å². The molecule has 0 aliphatic carbocycles. The summed E-state index contributed by atoms with van der Waals surface area (Å²) in [6.45, 7) is 4.00. The molecule has 0 atom stereocenters. The van der Waals surface area contributed by atoms with Crippen LogP contribution in [0.15, 0.2) is 36.5 Å². The molecule has 0 saturated carbocycles. The van der Waals surface area contributed by atoms with Crippen LogP contribution in [0.2, 0.25) is 0 Å². The Morgan fingerprint density at radius 1 is 1.16 bits per heavy atom. The number of amides is 1. The average Bonchev–Trinajstić information content (AvgIpc) is 2.42. The van der Waals surface area contributed by atoms with Gasteiger partial charge in [0.25, 0.3) is 5.91 Å². The Morgan fingerprint density at radius 3 is 2.53 bits per heavy atom. The van der Waals surface area contributed by atoms with Gasteiger partial charge in [0, 0.05) is 12.7 Å². The number of carbonyl (C=O) groups is 1. The highest BCUT2D eigenvalue weighted by atomic mass is 16.1. The summed E-state index contributed by atoms with van der Waals surface area (Å²) < 4.78 is 0. The maximum absolute atomic E-state index is 12.1. The van der Waals surface area contributed by atoms with Crippen LogP contribution in [0.3, 0.4) is 0 Å². The lowest BCUT2D eigenvalue weighted by Crippen LogP contribution is -2.14. The number of carbonyl (C=O) groups excluding carboxylic acids is 1. The maximum atomic E-state index is 12.1. The third-order valence-corrected chi connectivity index (χ3v) is 2.91. The largest absolute Gasteiger partial charge is 0.387 e. The van der Waals surface area contributed by atoms with Crippen LogP contribution in [-0.4, -0.2) is 17.9 Å². The first kappa shape index (κ1) is 13.1. The fraction of sp³-hybridized carbons (Fsp3) is 0.200. The van der Waals surface area contributed by atoms with Gasteiger partial charge in [-0.1, -0.05) is 17.7 Å². The van der Waals surface area contributed by atoms with Crippen molar-refractivity contribution in [3.63, 3.8) is 0 Å². The summed E-state index contributed by atoms with van der Waals surface area (Å²) in [5.74, 6) is -0.199. The van der Waals surface area contributed by atoms with Crippen molar-refractivity contribution in [3.8, 4) is 0 Å². The Kier molecular flexibility index (Phi) is 3.80. The zero-order chi connectivity index (χ0) is 13.8. The van der Waals surface area contributed by atoms with Crippen molar-refractivity contribution in [3.05, 3.63) is 53.3 Å². The van der Waals surface area contributed by atoms with Gasteiger partial charge in [0.15, 0.2) is 0 Å². The molecule has 2 rings (SSSR count). The summed E-state index contributed by atoms with van der Waals surface area (Å²) in [7, 11) is 1.81. The minimum atomic E-state index is -0.199. The average molecular weight is 255 g/mol. The van der Waals surface area contributed by atoms with Crippen LogP contribution in [0.5, 0.6) is 0 Å². The highest BCUT2D eigenvalue weighted by Gasteiger charge is 2.08. The van der Waals surface area contributed by atoms with Crippen LogP contribution in [0.1, 0.15) is 21.6 Å². The number of aromatic nitrogens is 1. The van der Waals surface area contributed by atoms with Crippen molar-refractivity contribution in [1.82, 2.24) is 4.98 Å². The van der Waals surface area contributed by atoms with Crippen LogP contribution in [0.4, 0.5) is 11.4 Å². The molecule has 4 nitrogen and oxygen atoms in total. The predicted octanol–water partition coefficient (Wildman–Crippen LogP) is 2.99. The molecule has 1 aromatic carbocycles. The van der Waals surface area contributed by atoms with Gasteiger partial charge in [-0.3, -0.25) is 4.79 Å². The molecule has 0 saturated heterocycles. The van der Waals surface area contributed by atoms with Crippen molar-refractivity contribution in [2.75, 3.05) is 17.7 Å². The molecule has 19 heavy (non-hydrogen) atoms. The van der Waals surface area contributed by atoms with Crippen molar-refractivity contribution >= 4 is 17.3 Å². The van der Waals surface area contributed by atoms with E-state index >= 15 is 0 Å². The Bertz CT molecular complexity index is 591. The first-order chi connectivity index (χ1) is 9.10. The van der Waals surface area contributed by atoms with Crippen LogP contribution in [-0.2, 0) is 0 Å². The minimum Gasteiger partial charge on any atom is -0.387 e. The molecule has 1 amide bonds. The summed E-state index contributed by atoms with van der Waals surface area (Å²) in [6.07, 6.45) is 1.64. The van der Waals surface area contributed by atoms with E-state index in [0.29, 0.717) is 5.69 Å². The summed E-state index contributed by atoms with van der Waals surface area (Å²) in [5.41, 5.74) is 4.31. The topological polar surface area (TPSA) is 54.0 Å². The Morgan fingerprint density at radius 2 is 1.95 bits per heavy atom. The van der Waals surface area contributed by atoms with E-state index in [1.54, 1.807) is 12.3 Å². The van der Waals surface area contributed by atoms with Gasteiger partial charge in [-0.15, -0.1) is 0 Å². The molecule has 2 aromatic rings. The molecular weight excluding hydrogens is 238 g/mol. The zero-order valence-corrected chi connectivity index (χ0v) is 11.3. The van der Waals surface area contributed by atoms with Crippen molar-refractivity contribution in [2.24, 2.45) is 0 Å². The number of anilines is 2. The molecule has 0 radical (unpaired) electrons. The van der Waals surface area contributed by atoms with Crippen molar-refractivity contribution in [1.29, 1.82) is 0 Å². The highest BCUT2D eigenvalue weighted by molar-refractivity contribution is 6.03. The number of benzene rings is 1. The molecule has 4 heteroatoms. The second kappa shape index (κ2) is 5.52. The highest BCUT2D eigenvalue weighted by Crippen LogP contribution is 2.17. The maximum Gasteiger partial charge on any atom is 0.274 e. The standard InChI is InChI=1S/C15H17N3O/c1-10-4-6-13(11(2)8-10)18-15(19)14-7-5-12(16-3)9-17-14/h4-9,16H,1-3H3,(H,18,19). The van der Waals surface area contributed by atoms with E-state index < -0.39 is 0 Å². The number of aryl methyl sites for hydroxylation is 2. The summed E-state index contributed by atoms with van der Waals surface area (Å²) >= 11 is 0. The number of hydrogen-bond acceptors (Lipinski definition) is 3. The molecule has 2 N–H and O–H groups in total. The smallest absolute Gasteiger partial charge is 0.274 e. The summed E-state index contributed by atoms with van der Waals surface area (Å²) in [4.78, 5) is 16.2. The lowest BCUT2D eigenvalue weighted by atomic mass is 10.1. The number of nitrogens with zero attached hydrogens (tertiary/aromatic N) is 1. The summed E-state index contributed by atoms with van der Waals surface area (Å²) in [5, 5.41) is 5.83. The molecule has 0 spiro atoms. The minimum absolute atomic E-state index is 0.199. The fourth-order valence-corrected chi connectivity index (χ4v) is 1.82. The van der Waals surface area contributed by atoms with Gasteiger partial charge in [0.1, 0.15) is 5.69 Å². The Hall–Kier alpha value is -2.36. The Balaban J connectivity index is 2.15. The van der Waals surface area contributed by atoms with E-state index in [-0.39, 0.29) is 5.91 Å².